The second kappa shape index (κ2) is 9.75. The van der Waals surface area contributed by atoms with Crippen LogP contribution in [0.4, 0.5) is 8.78 Å². The van der Waals surface area contributed by atoms with Gasteiger partial charge in [-0.1, -0.05) is 18.2 Å². The Kier molecular flexibility index (Phi) is 6.86. The third-order valence-corrected chi connectivity index (χ3v) is 4.39. The van der Waals surface area contributed by atoms with E-state index in [1.165, 1.54) is 26.3 Å². The van der Waals surface area contributed by atoms with Crippen LogP contribution >= 0.6 is 0 Å². The molecule has 3 aromatic rings. The van der Waals surface area contributed by atoms with Gasteiger partial charge in [0.2, 0.25) is 5.91 Å². The molecule has 0 aliphatic rings. The monoisotopic (exact) mass is 430 g/mol. The molecule has 1 unspecified atom stereocenters. The van der Waals surface area contributed by atoms with Crippen molar-refractivity contribution in [2.24, 2.45) is 0 Å². The van der Waals surface area contributed by atoms with Crippen LogP contribution in [-0.2, 0) is 11.4 Å². The number of halogens is 2. The van der Waals surface area contributed by atoms with E-state index in [9.17, 15) is 18.4 Å². The molecule has 0 aliphatic carbocycles. The van der Waals surface area contributed by atoms with Crippen LogP contribution in [0.5, 0.6) is 11.5 Å². The van der Waals surface area contributed by atoms with E-state index < -0.39 is 29.5 Å². The van der Waals surface area contributed by atoms with E-state index in [1.54, 1.807) is 30.3 Å². The highest BCUT2D eigenvalue weighted by Crippen LogP contribution is 2.27. The predicted molar refractivity (Wildman–Crippen MR) is 107 cm³/mol. The number of benzene rings is 2. The van der Waals surface area contributed by atoms with Crippen LogP contribution in [0, 0.1) is 11.6 Å². The summed E-state index contributed by atoms with van der Waals surface area (Å²) in [6.07, 6.45) is 0. The number of hydrogen-bond donors (Lipinski definition) is 2. The van der Waals surface area contributed by atoms with Crippen molar-refractivity contribution in [2.45, 2.75) is 12.6 Å². The Labute approximate surface area is 177 Å². The molecule has 2 amide bonds. The highest BCUT2D eigenvalue weighted by Gasteiger charge is 2.25. The van der Waals surface area contributed by atoms with Gasteiger partial charge in [-0.3, -0.25) is 9.59 Å². The lowest BCUT2D eigenvalue weighted by Gasteiger charge is -2.17. The van der Waals surface area contributed by atoms with E-state index in [0.717, 1.165) is 12.1 Å². The van der Waals surface area contributed by atoms with Gasteiger partial charge in [0.1, 0.15) is 18.4 Å². The number of methoxy groups -OCH3 is 1. The number of amides is 2. The van der Waals surface area contributed by atoms with Crippen LogP contribution in [0.3, 0.4) is 0 Å². The molecule has 0 saturated carbocycles. The molecular formula is C22H20F2N2O5. The van der Waals surface area contributed by atoms with Gasteiger partial charge in [-0.15, -0.1) is 0 Å². The van der Waals surface area contributed by atoms with E-state index >= 15 is 0 Å². The molecule has 1 atom stereocenters. The Bertz CT molecular complexity index is 1080. The topological polar surface area (TPSA) is 89.8 Å². The standard InChI is InChI=1S/C22H20F2N2O5/c1-25-22(28)20(13-7-9-15(23)16(24)11-13)26-21(27)19-10-8-14(31-19)12-30-18-6-4-3-5-17(18)29-2/h3-11,20H,12H2,1-2H3,(H,25,28)(H,26,27). The van der Waals surface area contributed by atoms with E-state index in [-0.39, 0.29) is 17.9 Å². The maximum absolute atomic E-state index is 13.6. The summed E-state index contributed by atoms with van der Waals surface area (Å²) in [4.78, 5) is 24.8. The third-order valence-electron chi connectivity index (χ3n) is 4.39. The Balaban J connectivity index is 1.71. The molecule has 0 saturated heterocycles. The van der Waals surface area contributed by atoms with Gasteiger partial charge in [0.15, 0.2) is 28.9 Å². The van der Waals surface area contributed by atoms with Crippen LogP contribution in [0.1, 0.15) is 27.9 Å². The van der Waals surface area contributed by atoms with Gasteiger partial charge in [-0.25, -0.2) is 8.78 Å². The zero-order valence-electron chi connectivity index (χ0n) is 16.8. The summed E-state index contributed by atoms with van der Waals surface area (Å²) in [5, 5.41) is 4.83. The maximum atomic E-state index is 13.6. The first kappa shape index (κ1) is 21.8. The average Bonchev–Trinajstić information content (AvgIpc) is 3.26. The van der Waals surface area contributed by atoms with Crippen molar-refractivity contribution in [3.63, 3.8) is 0 Å². The van der Waals surface area contributed by atoms with Gasteiger partial charge >= 0.3 is 0 Å². The molecule has 0 spiro atoms. The molecule has 0 radical (unpaired) electrons. The summed E-state index contributed by atoms with van der Waals surface area (Å²) in [6.45, 7) is 0.0374. The molecule has 1 heterocycles. The van der Waals surface area contributed by atoms with Crippen LogP contribution in [-0.4, -0.2) is 26.0 Å². The van der Waals surface area contributed by atoms with Crippen molar-refractivity contribution in [3.05, 3.63) is 83.3 Å². The van der Waals surface area contributed by atoms with E-state index in [4.69, 9.17) is 13.9 Å². The Hall–Kier alpha value is -3.88. The first-order valence-corrected chi connectivity index (χ1v) is 9.25. The number of likely N-dealkylation sites (N-methyl/N-ethyl adjacent to an activating group) is 1. The molecule has 2 aromatic carbocycles. The largest absolute Gasteiger partial charge is 0.493 e. The molecule has 0 aliphatic heterocycles. The summed E-state index contributed by atoms with van der Waals surface area (Å²) < 4.78 is 43.1. The zero-order chi connectivity index (χ0) is 22.4. The highest BCUT2D eigenvalue weighted by molar-refractivity contribution is 5.95. The quantitative estimate of drug-likeness (QED) is 0.572. The second-order valence-corrected chi connectivity index (χ2v) is 6.40. The number of nitrogens with one attached hydrogen (secondary N) is 2. The van der Waals surface area contributed by atoms with Crippen LogP contribution in [0.2, 0.25) is 0 Å². The van der Waals surface area contributed by atoms with Crippen molar-refractivity contribution >= 4 is 11.8 Å². The molecule has 7 nitrogen and oxygen atoms in total. The zero-order valence-corrected chi connectivity index (χ0v) is 16.8. The number of hydrogen-bond acceptors (Lipinski definition) is 5. The molecule has 2 N–H and O–H groups in total. The average molecular weight is 430 g/mol. The van der Waals surface area contributed by atoms with E-state index in [0.29, 0.717) is 17.3 Å². The summed E-state index contributed by atoms with van der Waals surface area (Å²) in [6, 6.07) is 11.7. The minimum absolute atomic E-state index is 0.0374. The molecular weight excluding hydrogens is 410 g/mol. The Morgan fingerprint density at radius 1 is 1.03 bits per heavy atom. The lowest BCUT2D eigenvalue weighted by molar-refractivity contribution is -0.122. The molecule has 9 heteroatoms. The van der Waals surface area contributed by atoms with Crippen molar-refractivity contribution in [1.29, 1.82) is 0 Å². The lowest BCUT2D eigenvalue weighted by atomic mass is 10.1. The van der Waals surface area contributed by atoms with E-state index in [2.05, 4.69) is 10.6 Å². The number of rotatable bonds is 8. The van der Waals surface area contributed by atoms with Crippen LogP contribution in [0.25, 0.3) is 0 Å². The van der Waals surface area contributed by atoms with Gasteiger partial charge in [-0.05, 0) is 42.0 Å². The van der Waals surface area contributed by atoms with E-state index in [1.807, 2.05) is 0 Å². The van der Waals surface area contributed by atoms with Gasteiger partial charge in [0.25, 0.3) is 5.91 Å². The van der Waals surface area contributed by atoms with Crippen LogP contribution < -0.4 is 20.1 Å². The normalized spacial score (nSPS) is 11.5. The minimum atomic E-state index is -1.24. The van der Waals surface area contributed by atoms with Crippen molar-refractivity contribution in [1.82, 2.24) is 10.6 Å². The first-order valence-electron chi connectivity index (χ1n) is 9.25. The smallest absolute Gasteiger partial charge is 0.287 e. The molecule has 1 aromatic heterocycles. The SMILES string of the molecule is CNC(=O)C(NC(=O)c1ccc(COc2ccccc2OC)o1)c1ccc(F)c(F)c1. The number of para-hydroxylation sites is 2. The third kappa shape index (κ3) is 5.19. The molecule has 0 bridgehead atoms. The first-order chi connectivity index (χ1) is 14.9. The fourth-order valence-corrected chi connectivity index (χ4v) is 2.80. The van der Waals surface area contributed by atoms with Gasteiger partial charge in [0.05, 0.1) is 7.11 Å². The van der Waals surface area contributed by atoms with Crippen molar-refractivity contribution in [2.75, 3.05) is 14.2 Å². The molecule has 162 valence electrons. The molecule has 0 fully saturated rings. The second-order valence-electron chi connectivity index (χ2n) is 6.40. The summed E-state index contributed by atoms with van der Waals surface area (Å²) in [7, 11) is 2.88. The number of furan rings is 1. The highest BCUT2D eigenvalue weighted by atomic mass is 19.2. The predicted octanol–water partition coefficient (Wildman–Crippen LogP) is 3.36. The van der Waals surface area contributed by atoms with Crippen LogP contribution in [0.15, 0.2) is 59.0 Å². The molecule has 3 rings (SSSR count). The fraction of sp³-hybridized carbons (Fsp3) is 0.182. The Morgan fingerprint density at radius 3 is 2.45 bits per heavy atom. The lowest BCUT2D eigenvalue weighted by Crippen LogP contribution is -2.39. The Morgan fingerprint density at radius 2 is 1.77 bits per heavy atom. The summed E-state index contributed by atoms with van der Waals surface area (Å²) in [5.74, 6) is -2.16. The number of carbonyl (C=O) groups is 2. The van der Waals surface area contributed by atoms with Gasteiger partial charge in [-0.2, -0.15) is 0 Å². The fourth-order valence-electron chi connectivity index (χ4n) is 2.80. The van der Waals surface area contributed by atoms with Gasteiger partial charge in [0, 0.05) is 7.05 Å². The number of ether oxygens (including phenoxy) is 2. The number of carbonyl (C=O) groups excluding carboxylic acids is 2. The van der Waals surface area contributed by atoms with Crippen molar-refractivity contribution < 1.29 is 32.3 Å². The molecule has 31 heavy (non-hydrogen) atoms. The maximum Gasteiger partial charge on any atom is 0.287 e. The minimum Gasteiger partial charge on any atom is -0.493 e. The van der Waals surface area contributed by atoms with Gasteiger partial charge < -0.3 is 24.5 Å². The summed E-state index contributed by atoms with van der Waals surface area (Å²) >= 11 is 0. The summed E-state index contributed by atoms with van der Waals surface area (Å²) in [5.41, 5.74) is 0.0814. The van der Waals surface area contributed by atoms with Crippen molar-refractivity contribution in [3.8, 4) is 11.5 Å².